The van der Waals surface area contributed by atoms with Crippen molar-refractivity contribution in [1.29, 1.82) is 0 Å². The molecule has 6 heteroatoms. The fourth-order valence-corrected chi connectivity index (χ4v) is 4.02. The minimum Gasteiger partial charge on any atom is -0.341 e. The Balaban J connectivity index is 0.00000243. The van der Waals surface area contributed by atoms with Gasteiger partial charge in [-0.1, -0.05) is 44.2 Å². The van der Waals surface area contributed by atoms with E-state index in [0.717, 1.165) is 37.9 Å². The summed E-state index contributed by atoms with van der Waals surface area (Å²) in [4.78, 5) is 27.8. The fourth-order valence-electron chi connectivity index (χ4n) is 4.02. The average molecular weight is 380 g/mol. The van der Waals surface area contributed by atoms with Crippen molar-refractivity contribution in [1.82, 2.24) is 15.5 Å². The highest BCUT2D eigenvalue weighted by atomic mass is 35.5. The maximum atomic E-state index is 13.4. The lowest BCUT2D eigenvalue weighted by atomic mass is 10.0. The van der Waals surface area contributed by atoms with Gasteiger partial charge in [0.1, 0.15) is 6.04 Å². The zero-order valence-electron chi connectivity index (χ0n) is 15.6. The number of fused-ring (bicyclic) bond motifs is 2. The van der Waals surface area contributed by atoms with Crippen LogP contribution in [0.25, 0.3) is 0 Å². The first-order valence-corrected chi connectivity index (χ1v) is 9.43. The van der Waals surface area contributed by atoms with Gasteiger partial charge in [0.15, 0.2) is 0 Å². The molecule has 5 nitrogen and oxygen atoms in total. The van der Waals surface area contributed by atoms with Crippen LogP contribution in [0.2, 0.25) is 0 Å². The summed E-state index contributed by atoms with van der Waals surface area (Å²) in [7, 11) is 0. The molecular weight excluding hydrogens is 350 g/mol. The summed E-state index contributed by atoms with van der Waals surface area (Å²) in [5.74, 6) is 0.252. The van der Waals surface area contributed by atoms with Crippen molar-refractivity contribution in [2.45, 2.75) is 57.7 Å². The predicted molar refractivity (Wildman–Crippen MR) is 105 cm³/mol. The lowest BCUT2D eigenvalue weighted by Gasteiger charge is -2.32. The highest BCUT2D eigenvalue weighted by Crippen LogP contribution is 2.31. The van der Waals surface area contributed by atoms with Crippen LogP contribution in [0.5, 0.6) is 0 Å². The van der Waals surface area contributed by atoms with E-state index < -0.39 is 6.04 Å². The topological polar surface area (TPSA) is 61.4 Å². The van der Waals surface area contributed by atoms with Crippen molar-refractivity contribution in [2.75, 3.05) is 13.1 Å². The van der Waals surface area contributed by atoms with Gasteiger partial charge in [0.25, 0.3) is 0 Å². The highest BCUT2D eigenvalue weighted by Gasteiger charge is 2.41. The van der Waals surface area contributed by atoms with Crippen molar-refractivity contribution < 1.29 is 9.59 Å². The van der Waals surface area contributed by atoms with E-state index in [0.29, 0.717) is 12.5 Å². The van der Waals surface area contributed by atoms with Gasteiger partial charge in [-0.15, -0.1) is 12.4 Å². The zero-order chi connectivity index (χ0) is 17.8. The van der Waals surface area contributed by atoms with Crippen molar-refractivity contribution in [3.63, 3.8) is 0 Å². The molecule has 2 aliphatic rings. The summed E-state index contributed by atoms with van der Waals surface area (Å²) < 4.78 is 0. The van der Waals surface area contributed by atoms with Crippen LogP contribution in [-0.4, -0.2) is 41.9 Å². The van der Waals surface area contributed by atoms with E-state index in [1.807, 2.05) is 49.1 Å². The lowest BCUT2D eigenvalue weighted by Crippen LogP contribution is -2.49. The predicted octanol–water partition coefficient (Wildman–Crippen LogP) is 2.66. The molecule has 0 saturated carbocycles. The number of rotatable bonds is 5. The summed E-state index contributed by atoms with van der Waals surface area (Å²) >= 11 is 0. The molecule has 3 unspecified atom stereocenters. The van der Waals surface area contributed by atoms with Gasteiger partial charge in [0.05, 0.1) is 0 Å². The Kier molecular flexibility index (Phi) is 7.47. The first-order valence-electron chi connectivity index (χ1n) is 9.43. The normalized spacial score (nSPS) is 23.1. The molecule has 3 rings (SSSR count). The van der Waals surface area contributed by atoms with Gasteiger partial charge in [-0.3, -0.25) is 9.59 Å². The summed E-state index contributed by atoms with van der Waals surface area (Å²) in [6, 6.07) is 9.57. The molecule has 2 bridgehead atoms. The number of nitrogens with zero attached hydrogens (tertiary/aromatic N) is 1. The first kappa shape index (κ1) is 20.7. The number of halogens is 1. The van der Waals surface area contributed by atoms with Crippen LogP contribution in [0.3, 0.4) is 0 Å². The first-order chi connectivity index (χ1) is 12.1. The maximum Gasteiger partial charge on any atom is 0.250 e. The van der Waals surface area contributed by atoms with Crippen LogP contribution < -0.4 is 10.6 Å². The number of benzene rings is 1. The van der Waals surface area contributed by atoms with Gasteiger partial charge >= 0.3 is 0 Å². The second-order valence-corrected chi connectivity index (χ2v) is 7.63. The molecule has 2 saturated heterocycles. The number of nitrogens with one attached hydrogen (secondary N) is 2. The zero-order valence-corrected chi connectivity index (χ0v) is 16.4. The molecule has 0 radical (unpaired) electrons. The minimum absolute atomic E-state index is 0. The van der Waals surface area contributed by atoms with Gasteiger partial charge in [0, 0.05) is 25.0 Å². The Morgan fingerprint density at radius 1 is 1.15 bits per heavy atom. The summed E-state index contributed by atoms with van der Waals surface area (Å²) in [5, 5.41) is 6.43. The van der Waals surface area contributed by atoms with Crippen molar-refractivity contribution in [3.05, 3.63) is 35.9 Å². The third kappa shape index (κ3) is 4.77. The van der Waals surface area contributed by atoms with Crippen LogP contribution in [-0.2, 0) is 9.59 Å². The molecule has 0 aromatic heterocycles. The SMILES string of the molecule is CC(C)CC(=O)NC(C(=O)N1C2CCNCC1CC2)c1ccccc1.Cl. The molecule has 2 N–H and O–H groups in total. The number of hydrogen-bond acceptors (Lipinski definition) is 3. The molecule has 0 spiro atoms. The molecular formula is C20H30ClN3O2. The van der Waals surface area contributed by atoms with Gasteiger partial charge in [-0.25, -0.2) is 0 Å². The number of carbonyl (C=O) groups excluding carboxylic acids is 2. The van der Waals surface area contributed by atoms with E-state index in [4.69, 9.17) is 0 Å². The lowest BCUT2D eigenvalue weighted by molar-refractivity contribution is -0.139. The van der Waals surface area contributed by atoms with Crippen molar-refractivity contribution in [2.24, 2.45) is 5.92 Å². The molecule has 0 aliphatic carbocycles. The van der Waals surface area contributed by atoms with E-state index >= 15 is 0 Å². The monoisotopic (exact) mass is 379 g/mol. The molecule has 1 aromatic carbocycles. The Bertz CT molecular complexity index is 594. The molecule has 2 amide bonds. The molecule has 3 atom stereocenters. The van der Waals surface area contributed by atoms with E-state index in [1.54, 1.807) is 0 Å². The average Bonchev–Trinajstić information content (AvgIpc) is 2.85. The summed E-state index contributed by atoms with van der Waals surface area (Å²) in [6.07, 6.45) is 3.54. The molecule has 2 aliphatic heterocycles. The molecule has 2 fully saturated rings. The van der Waals surface area contributed by atoms with Gasteiger partial charge in [0.2, 0.25) is 11.8 Å². The Morgan fingerprint density at radius 2 is 1.85 bits per heavy atom. The second-order valence-electron chi connectivity index (χ2n) is 7.63. The van der Waals surface area contributed by atoms with E-state index in [-0.39, 0.29) is 36.2 Å². The Labute approximate surface area is 162 Å². The number of amides is 2. The van der Waals surface area contributed by atoms with Crippen LogP contribution in [0.1, 0.15) is 51.1 Å². The van der Waals surface area contributed by atoms with Gasteiger partial charge in [-0.2, -0.15) is 0 Å². The third-order valence-corrected chi connectivity index (χ3v) is 5.19. The van der Waals surface area contributed by atoms with E-state index in [1.165, 1.54) is 0 Å². The van der Waals surface area contributed by atoms with Crippen LogP contribution in [0, 0.1) is 5.92 Å². The fraction of sp³-hybridized carbons (Fsp3) is 0.600. The largest absolute Gasteiger partial charge is 0.341 e. The highest BCUT2D eigenvalue weighted by molar-refractivity contribution is 5.89. The Morgan fingerprint density at radius 3 is 2.54 bits per heavy atom. The number of hydrogen-bond donors (Lipinski definition) is 2. The minimum atomic E-state index is -0.589. The molecule has 144 valence electrons. The number of carbonyl (C=O) groups is 2. The quantitative estimate of drug-likeness (QED) is 0.826. The van der Waals surface area contributed by atoms with Crippen molar-refractivity contribution in [3.8, 4) is 0 Å². The van der Waals surface area contributed by atoms with Crippen LogP contribution in [0.15, 0.2) is 30.3 Å². The summed E-state index contributed by atoms with van der Waals surface area (Å²) in [5.41, 5.74) is 0.862. The van der Waals surface area contributed by atoms with Crippen LogP contribution in [0.4, 0.5) is 0 Å². The van der Waals surface area contributed by atoms with E-state index in [9.17, 15) is 9.59 Å². The Hall–Kier alpha value is -1.59. The molecule has 1 aromatic rings. The van der Waals surface area contributed by atoms with E-state index in [2.05, 4.69) is 10.6 Å². The summed E-state index contributed by atoms with van der Waals surface area (Å²) in [6.45, 7) is 5.84. The van der Waals surface area contributed by atoms with Crippen LogP contribution >= 0.6 is 12.4 Å². The molecule has 26 heavy (non-hydrogen) atoms. The van der Waals surface area contributed by atoms with Gasteiger partial charge in [-0.05, 0) is 37.3 Å². The molecule has 2 heterocycles. The standard InChI is InChI=1S/C20H29N3O2.ClH/c1-14(2)12-18(24)22-19(15-6-4-3-5-7-15)20(25)23-16-8-9-17(23)13-21-11-10-16;/h3-7,14,16-17,19,21H,8-13H2,1-2H3,(H,22,24);1H. The smallest absolute Gasteiger partial charge is 0.250 e. The van der Waals surface area contributed by atoms with Gasteiger partial charge < -0.3 is 15.5 Å². The second kappa shape index (κ2) is 9.38. The maximum absolute atomic E-state index is 13.4. The third-order valence-electron chi connectivity index (χ3n) is 5.19. The van der Waals surface area contributed by atoms with Crippen molar-refractivity contribution >= 4 is 24.2 Å².